The first-order valence-corrected chi connectivity index (χ1v) is 8.96. The Morgan fingerprint density at radius 2 is 1.52 bits per heavy atom. The first kappa shape index (κ1) is 18.5. The van der Waals surface area contributed by atoms with Crippen molar-refractivity contribution in [2.24, 2.45) is 0 Å². The number of nitrogens with one attached hydrogen (secondary N) is 2. The van der Waals surface area contributed by atoms with Crippen molar-refractivity contribution in [1.82, 2.24) is 4.90 Å². The maximum atomic E-state index is 12.5. The van der Waals surface area contributed by atoms with E-state index in [0.717, 1.165) is 34.1 Å². The van der Waals surface area contributed by atoms with Gasteiger partial charge in [0.25, 0.3) is 0 Å². The van der Waals surface area contributed by atoms with Crippen LogP contribution in [0.3, 0.4) is 0 Å². The van der Waals surface area contributed by atoms with Gasteiger partial charge in [-0.3, -0.25) is 4.79 Å². The molecule has 0 aliphatic rings. The number of anilines is 2. The van der Waals surface area contributed by atoms with Gasteiger partial charge in [0.15, 0.2) is 0 Å². The number of likely N-dealkylation sites (N-methyl/N-ethyl adjacent to an activating group) is 1. The van der Waals surface area contributed by atoms with E-state index in [9.17, 15) is 9.59 Å². The monoisotopic (exact) mass is 361 g/mol. The average molecular weight is 361 g/mol. The summed E-state index contributed by atoms with van der Waals surface area (Å²) in [6.07, 6.45) is 0.827. The normalized spacial score (nSPS) is 10.4. The number of hydrogen-bond donors (Lipinski definition) is 2. The van der Waals surface area contributed by atoms with E-state index in [4.69, 9.17) is 0 Å². The number of amides is 3. The van der Waals surface area contributed by atoms with E-state index in [1.807, 2.05) is 73.7 Å². The molecular weight excluding hydrogens is 338 g/mol. The van der Waals surface area contributed by atoms with Crippen LogP contribution in [-0.2, 0) is 11.2 Å². The predicted octanol–water partition coefficient (Wildman–Crippen LogP) is 4.50. The highest BCUT2D eigenvalue weighted by molar-refractivity contribution is 6.03. The fourth-order valence-electron chi connectivity index (χ4n) is 2.97. The Morgan fingerprint density at radius 1 is 0.852 bits per heavy atom. The van der Waals surface area contributed by atoms with Gasteiger partial charge in [-0.2, -0.15) is 0 Å². The number of carbonyl (C=O) groups excluding carboxylic acids is 2. The van der Waals surface area contributed by atoms with E-state index in [1.165, 1.54) is 4.90 Å². The van der Waals surface area contributed by atoms with Crippen LogP contribution in [0.15, 0.2) is 66.7 Å². The lowest BCUT2D eigenvalue weighted by Gasteiger charge is -2.19. The second kappa shape index (κ2) is 8.36. The zero-order valence-electron chi connectivity index (χ0n) is 15.5. The topological polar surface area (TPSA) is 61.4 Å². The van der Waals surface area contributed by atoms with Crippen LogP contribution in [0.4, 0.5) is 16.2 Å². The Bertz CT molecular complexity index is 963. The van der Waals surface area contributed by atoms with Crippen molar-refractivity contribution in [3.63, 3.8) is 0 Å². The Labute approximate surface area is 159 Å². The van der Waals surface area contributed by atoms with Gasteiger partial charge in [-0.05, 0) is 29.5 Å². The highest BCUT2D eigenvalue weighted by Gasteiger charge is 2.15. The molecule has 3 rings (SSSR count). The number of urea groups is 1. The first-order chi connectivity index (χ1) is 13.1. The second-order valence-corrected chi connectivity index (χ2v) is 6.37. The summed E-state index contributed by atoms with van der Waals surface area (Å²) in [5, 5.41) is 7.77. The molecule has 3 aromatic rings. The van der Waals surface area contributed by atoms with E-state index in [2.05, 4.69) is 10.6 Å². The van der Waals surface area contributed by atoms with E-state index < -0.39 is 0 Å². The van der Waals surface area contributed by atoms with Crippen LogP contribution in [0.2, 0.25) is 0 Å². The Hall–Kier alpha value is -3.34. The van der Waals surface area contributed by atoms with E-state index in [0.29, 0.717) is 0 Å². The van der Waals surface area contributed by atoms with Crippen molar-refractivity contribution >= 4 is 34.1 Å². The zero-order valence-corrected chi connectivity index (χ0v) is 15.5. The van der Waals surface area contributed by atoms with Crippen LogP contribution in [0.5, 0.6) is 0 Å². The largest absolute Gasteiger partial charge is 0.324 e. The van der Waals surface area contributed by atoms with Crippen molar-refractivity contribution in [3.8, 4) is 0 Å². The molecule has 0 bridgehead atoms. The average Bonchev–Trinajstić information content (AvgIpc) is 2.68. The lowest BCUT2D eigenvalue weighted by Crippen LogP contribution is -2.37. The number of carbonyl (C=O) groups is 2. The molecule has 27 heavy (non-hydrogen) atoms. The number of rotatable bonds is 5. The molecule has 2 N–H and O–H groups in total. The summed E-state index contributed by atoms with van der Waals surface area (Å²) in [4.78, 5) is 26.2. The molecule has 138 valence electrons. The molecule has 0 spiro atoms. The highest BCUT2D eigenvalue weighted by Crippen LogP contribution is 2.23. The maximum Gasteiger partial charge on any atom is 0.322 e. The highest BCUT2D eigenvalue weighted by atomic mass is 16.2. The molecular formula is C22H23N3O2. The van der Waals surface area contributed by atoms with Crippen molar-refractivity contribution in [2.45, 2.75) is 13.3 Å². The van der Waals surface area contributed by atoms with Gasteiger partial charge in [0.1, 0.15) is 6.54 Å². The first-order valence-electron chi connectivity index (χ1n) is 8.96. The van der Waals surface area contributed by atoms with Crippen LogP contribution in [-0.4, -0.2) is 30.4 Å². The number of nitrogens with zero attached hydrogens (tertiary/aromatic N) is 1. The fourth-order valence-corrected chi connectivity index (χ4v) is 2.97. The van der Waals surface area contributed by atoms with E-state index in [-0.39, 0.29) is 18.5 Å². The number of benzene rings is 3. The lowest BCUT2D eigenvalue weighted by molar-refractivity contribution is -0.116. The molecule has 0 saturated carbocycles. The van der Waals surface area contributed by atoms with Gasteiger partial charge in [-0.15, -0.1) is 0 Å². The fraction of sp³-hybridized carbons (Fsp3) is 0.182. The molecule has 0 aromatic heterocycles. The predicted molar refractivity (Wildman–Crippen MR) is 110 cm³/mol. The summed E-state index contributed by atoms with van der Waals surface area (Å²) in [6, 6.07) is 20.9. The van der Waals surface area contributed by atoms with Crippen LogP contribution in [0.25, 0.3) is 10.8 Å². The van der Waals surface area contributed by atoms with Crippen molar-refractivity contribution < 1.29 is 9.59 Å². The molecule has 3 amide bonds. The van der Waals surface area contributed by atoms with E-state index in [1.54, 1.807) is 7.05 Å². The Kier molecular flexibility index (Phi) is 5.71. The summed E-state index contributed by atoms with van der Waals surface area (Å²) in [6.45, 7) is 2.00. The van der Waals surface area contributed by atoms with Crippen LogP contribution >= 0.6 is 0 Å². The smallest absolute Gasteiger partial charge is 0.322 e. The number of hydrogen-bond acceptors (Lipinski definition) is 2. The summed E-state index contributed by atoms with van der Waals surface area (Å²) < 4.78 is 0. The van der Waals surface area contributed by atoms with Gasteiger partial charge in [0, 0.05) is 18.1 Å². The van der Waals surface area contributed by atoms with Crippen LogP contribution < -0.4 is 10.6 Å². The molecule has 5 heteroatoms. The number of para-hydroxylation sites is 1. The van der Waals surface area contributed by atoms with Crippen molar-refractivity contribution in [2.75, 3.05) is 24.2 Å². The summed E-state index contributed by atoms with van der Waals surface area (Å²) in [5.74, 6) is -0.230. The molecule has 3 aromatic carbocycles. The molecule has 5 nitrogen and oxygen atoms in total. The minimum Gasteiger partial charge on any atom is -0.324 e. The second-order valence-electron chi connectivity index (χ2n) is 6.37. The zero-order chi connectivity index (χ0) is 19.2. The third kappa shape index (κ3) is 4.44. The summed E-state index contributed by atoms with van der Waals surface area (Å²) >= 11 is 0. The standard InChI is InChI=1S/C22H23N3O2/c1-3-16-9-5-7-13-19(16)23-21(26)15-25(2)22(27)24-20-14-8-11-17-10-4-6-12-18(17)20/h4-14H,3,15H2,1-2H3,(H,23,26)(H,24,27). The van der Waals surface area contributed by atoms with Crippen LogP contribution in [0, 0.1) is 0 Å². The van der Waals surface area contributed by atoms with Gasteiger partial charge < -0.3 is 15.5 Å². The SMILES string of the molecule is CCc1ccccc1NC(=O)CN(C)C(=O)Nc1cccc2ccccc12. The van der Waals surface area contributed by atoms with Gasteiger partial charge in [-0.1, -0.05) is 61.5 Å². The van der Waals surface area contributed by atoms with E-state index >= 15 is 0 Å². The minimum atomic E-state index is -0.328. The molecule has 0 aliphatic heterocycles. The van der Waals surface area contributed by atoms with Crippen molar-refractivity contribution in [3.05, 3.63) is 72.3 Å². The number of aryl methyl sites for hydroxylation is 1. The summed E-state index contributed by atoms with van der Waals surface area (Å²) in [7, 11) is 1.60. The molecule has 0 unspecified atom stereocenters. The van der Waals surface area contributed by atoms with Crippen molar-refractivity contribution in [1.29, 1.82) is 0 Å². The van der Waals surface area contributed by atoms with Gasteiger partial charge in [0.05, 0.1) is 5.69 Å². The van der Waals surface area contributed by atoms with Gasteiger partial charge in [0.2, 0.25) is 5.91 Å². The third-order valence-electron chi connectivity index (χ3n) is 4.43. The number of fused-ring (bicyclic) bond motifs is 1. The molecule has 0 saturated heterocycles. The van der Waals surface area contributed by atoms with Gasteiger partial charge in [-0.25, -0.2) is 4.79 Å². The molecule has 0 aliphatic carbocycles. The molecule has 0 radical (unpaired) electrons. The summed E-state index contributed by atoms with van der Waals surface area (Å²) in [5.41, 5.74) is 2.57. The Balaban J connectivity index is 1.64. The quantitative estimate of drug-likeness (QED) is 0.703. The lowest BCUT2D eigenvalue weighted by atomic mass is 10.1. The van der Waals surface area contributed by atoms with Gasteiger partial charge >= 0.3 is 6.03 Å². The molecule has 0 heterocycles. The maximum absolute atomic E-state index is 12.5. The van der Waals surface area contributed by atoms with Crippen LogP contribution in [0.1, 0.15) is 12.5 Å². The molecule has 0 fully saturated rings. The minimum absolute atomic E-state index is 0.0331. The Morgan fingerprint density at radius 3 is 2.33 bits per heavy atom. The third-order valence-corrected chi connectivity index (χ3v) is 4.43. The molecule has 0 atom stereocenters.